The van der Waals surface area contributed by atoms with Crippen molar-refractivity contribution >= 4 is 30.2 Å². The van der Waals surface area contributed by atoms with Crippen LogP contribution in [-0.2, 0) is 14.3 Å². The van der Waals surface area contributed by atoms with Crippen molar-refractivity contribution < 1.29 is 14.3 Å². The Labute approximate surface area is 146 Å². The molecule has 2 unspecified atom stereocenters. The molecule has 2 atom stereocenters. The van der Waals surface area contributed by atoms with Crippen molar-refractivity contribution in [1.29, 1.82) is 0 Å². The maximum atomic E-state index is 12.5. The Morgan fingerprint density at radius 2 is 2.00 bits per heavy atom. The lowest BCUT2D eigenvalue weighted by Crippen LogP contribution is -2.46. The molecule has 126 valence electrons. The molecule has 1 aromatic rings. The van der Waals surface area contributed by atoms with Crippen LogP contribution in [0.5, 0.6) is 0 Å². The summed E-state index contributed by atoms with van der Waals surface area (Å²) in [6.07, 6.45) is 0. The van der Waals surface area contributed by atoms with Gasteiger partial charge in [0.2, 0.25) is 0 Å². The van der Waals surface area contributed by atoms with Gasteiger partial charge in [-0.1, -0.05) is 23.7 Å². The number of ether oxygens (including phenoxy) is 2. The second-order valence-electron chi connectivity index (χ2n) is 5.07. The highest BCUT2D eigenvalue weighted by Crippen LogP contribution is 2.29. The summed E-state index contributed by atoms with van der Waals surface area (Å²) in [5, 5.41) is 6.98. The fraction of sp³-hybridized carbons (Fsp3) is 0.438. The summed E-state index contributed by atoms with van der Waals surface area (Å²) >= 11 is 10.3. The van der Waals surface area contributed by atoms with Crippen molar-refractivity contribution in [2.24, 2.45) is 0 Å². The topological polar surface area (TPSA) is 59.6 Å². The van der Waals surface area contributed by atoms with E-state index in [0.717, 1.165) is 11.3 Å². The smallest absolute Gasteiger partial charge is 0.337 e. The molecule has 7 heteroatoms. The third kappa shape index (κ3) is 4.88. The van der Waals surface area contributed by atoms with E-state index >= 15 is 0 Å². The molecule has 1 aromatic carbocycles. The van der Waals surface area contributed by atoms with Gasteiger partial charge >= 0.3 is 5.97 Å². The molecule has 0 saturated carbocycles. The van der Waals surface area contributed by atoms with Gasteiger partial charge in [0, 0.05) is 17.3 Å². The predicted molar refractivity (Wildman–Crippen MR) is 93.4 cm³/mol. The normalized spacial score (nSPS) is 21.0. The van der Waals surface area contributed by atoms with Crippen LogP contribution in [0.15, 0.2) is 35.5 Å². The van der Waals surface area contributed by atoms with Gasteiger partial charge in [-0.3, -0.25) is 5.32 Å². The Kier molecular flexibility index (Phi) is 6.77. The molecule has 0 fully saturated rings. The molecule has 2 N–H and O–H groups in total. The third-order valence-electron chi connectivity index (χ3n) is 3.46. The maximum Gasteiger partial charge on any atom is 0.337 e. The second kappa shape index (κ2) is 8.59. The van der Waals surface area contributed by atoms with Gasteiger partial charge in [-0.2, -0.15) is 0 Å². The summed E-state index contributed by atoms with van der Waals surface area (Å²) in [6.45, 7) is 4.94. The monoisotopic (exact) mass is 356 g/mol. The zero-order valence-electron chi connectivity index (χ0n) is 13.1. The van der Waals surface area contributed by atoms with Crippen LogP contribution in [-0.4, -0.2) is 31.3 Å². The third-order valence-corrected chi connectivity index (χ3v) is 3.99. The fourth-order valence-electron chi connectivity index (χ4n) is 2.39. The minimum absolute atomic E-state index is 0.223. The Balaban J connectivity index is 2.19. The number of carbonyl (C=O) groups is 1. The number of allylic oxidation sites excluding steroid dienone is 1. The van der Waals surface area contributed by atoms with Gasteiger partial charge in [-0.15, -0.1) is 12.6 Å². The van der Waals surface area contributed by atoms with E-state index in [1.54, 1.807) is 12.1 Å². The highest BCUT2D eigenvalue weighted by molar-refractivity contribution is 7.80. The first-order valence-electron chi connectivity index (χ1n) is 7.44. The van der Waals surface area contributed by atoms with Crippen LogP contribution < -0.4 is 10.6 Å². The number of carbonyl (C=O) groups excluding carboxylic acids is 1. The van der Waals surface area contributed by atoms with E-state index in [9.17, 15) is 4.79 Å². The van der Waals surface area contributed by atoms with Crippen LogP contribution in [0.2, 0.25) is 5.02 Å². The van der Waals surface area contributed by atoms with E-state index in [4.69, 9.17) is 21.1 Å². The second-order valence-corrected chi connectivity index (χ2v) is 6.02. The number of rotatable bonds is 6. The average Bonchev–Trinajstić information content (AvgIpc) is 2.51. The Hall–Kier alpha value is -1.21. The van der Waals surface area contributed by atoms with Crippen molar-refractivity contribution in [3.05, 3.63) is 46.1 Å². The number of hydrogen-bond acceptors (Lipinski definition) is 6. The van der Waals surface area contributed by atoms with Crippen molar-refractivity contribution in [1.82, 2.24) is 10.6 Å². The van der Waals surface area contributed by atoms with Crippen molar-refractivity contribution in [2.45, 2.75) is 25.4 Å². The summed E-state index contributed by atoms with van der Waals surface area (Å²) in [5.41, 5.74) is 1.95. The Morgan fingerprint density at radius 1 is 1.30 bits per heavy atom. The molecule has 0 spiro atoms. The van der Waals surface area contributed by atoms with E-state index in [1.807, 2.05) is 26.0 Å². The highest BCUT2D eigenvalue weighted by Gasteiger charge is 2.31. The maximum absolute atomic E-state index is 12.5. The van der Waals surface area contributed by atoms with Crippen molar-refractivity contribution in [3.8, 4) is 0 Å². The Bertz CT molecular complexity index is 577. The molecule has 0 saturated heterocycles. The molecule has 1 aliphatic rings. The molecule has 0 bridgehead atoms. The number of esters is 1. The number of thiol groups is 1. The van der Waals surface area contributed by atoms with Crippen LogP contribution in [0.4, 0.5) is 0 Å². The molecule has 1 heterocycles. The summed E-state index contributed by atoms with van der Waals surface area (Å²) in [7, 11) is 0. The molecule has 1 aliphatic heterocycles. The first kappa shape index (κ1) is 18.1. The average molecular weight is 357 g/mol. The number of hydrogen-bond donors (Lipinski definition) is 3. The molecule has 0 aliphatic carbocycles. The van der Waals surface area contributed by atoms with Gasteiger partial charge in [0.05, 0.1) is 18.2 Å². The first-order valence-corrected chi connectivity index (χ1v) is 8.34. The van der Waals surface area contributed by atoms with E-state index in [1.165, 1.54) is 0 Å². The molecule has 0 radical (unpaired) electrons. The molecule has 23 heavy (non-hydrogen) atoms. The summed E-state index contributed by atoms with van der Waals surface area (Å²) in [4.78, 5) is 12.5. The van der Waals surface area contributed by atoms with Crippen molar-refractivity contribution in [3.63, 3.8) is 0 Å². The number of benzene rings is 1. The lowest BCUT2D eigenvalue weighted by molar-refractivity contribution is -0.141. The van der Waals surface area contributed by atoms with Crippen molar-refractivity contribution in [2.75, 3.05) is 19.8 Å². The van der Waals surface area contributed by atoms with E-state index in [0.29, 0.717) is 23.8 Å². The van der Waals surface area contributed by atoms with Crippen LogP contribution in [0, 0.1) is 0 Å². The quantitative estimate of drug-likeness (QED) is 0.415. The zero-order valence-corrected chi connectivity index (χ0v) is 14.8. The standard InChI is InChI=1S/C16H21ClN2O3S/c1-3-21-8-9-22-15(20)13-10(2)18-16(23)19-14(13)11-4-6-12(17)7-5-11/h4-7,14,16,18-19,23H,3,8-9H2,1-2H3. The minimum Gasteiger partial charge on any atom is -0.460 e. The van der Waals surface area contributed by atoms with Crippen LogP contribution in [0.3, 0.4) is 0 Å². The molecule has 2 rings (SSSR count). The van der Waals surface area contributed by atoms with Crippen LogP contribution >= 0.6 is 24.2 Å². The van der Waals surface area contributed by atoms with Crippen LogP contribution in [0.25, 0.3) is 0 Å². The summed E-state index contributed by atoms with van der Waals surface area (Å²) < 4.78 is 10.5. The lowest BCUT2D eigenvalue weighted by atomic mass is 9.96. The summed E-state index contributed by atoms with van der Waals surface area (Å²) in [6, 6.07) is 7.04. The van der Waals surface area contributed by atoms with Crippen LogP contribution in [0.1, 0.15) is 25.5 Å². The van der Waals surface area contributed by atoms with Gasteiger partial charge in [-0.05, 0) is 31.5 Å². The molecular formula is C16H21ClN2O3S. The molecule has 0 aromatic heterocycles. The summed E-state index contributed by atoms with van der Waals surface area (Å²) in [5.74, 6) is -0.373. The fourth-order valence-corrected chi connectivity index (χ4v) is 2.86. The van der Waals surface area contributed by atoms with Gasteiger partial charge in [-0.25, -0.2) is 4.79 Å². The molecular weight excluding hydrogens is 336 g/mol. The SMILES string of the molecule is CCOCCOC(=O)C1=C(C)NC(S)NC1c1ccc(Cl)cc1. The lowest BCUT2D eigenvalue weighted by Gasteiger charge is -2.32. The van der Waals surface area contributed by atoms with Gasteiger partial charge in [0.15, 0.2) is 0 Å². The molecule has 5 nitrogen and oxygen atoms in total. The molecule has 0 amide bonds. The first-order chi connectivity index (χ1) is 11.0. The minimum atomic E-state index is -0.373. The van der Waals surface area contributed by atoms with E-state index in [-0.39, 0.29) is 24.1 Å². The van der Waals surface area contributed by atoms with Gasteiger partial charge in [0.25, 0.3) is 0 Å². The number of halogens is 1. The van der Waals surface area contributed by atoms with Gasteiger partial charge in [0.1, 0.15) is 12.1 Å². The van der Waals surface area contributed by atoms with E-state index < -0.39 is 0 Å². The van der Waals surface area contributed by atoms with E-state index in [2.05, 4.69) is 23.3 Å². The predicted octanol–water partition coefficient (Wildman–Crippen LogP) is 2.64. The van der Waals surface area contributed by atoms with Gasteiger partial charge < -0.3 is 14.8 Å². The largest absolute Gasteiger partial charge is 0.460 e. The zero-order chi connectivity index (χ0) is 16.8. The number of nitrogens with one attached hydrogen (secondary N) is 2. The Morgan fingerprint density at radius 3 is 2.65 bits per heavy atom. The highest BCUT2D eigenvalue weighted by atomic mass is 35.5.